The van der Waals surface area contributed by atoms with Crippen LogP contribution < -0.4 is 0 Å². The summed E-state index contributed by atoms with van der Waals surface area (Å²) in [5, 5.41) is 0. The van der Waals surface area contributed by atoms with Crippen molar-refractivity contribution >= 4 is 0 Å². The van der Waals surface area contributed by atoms with Gasteiger partial charge in [0.25, 0.3) is 0 Å². The Hall–Kier alpha value is -5.62. The molecule has 0 amide bonds. The molecule has 4 heteroatoms. The normalized spacial score (nSPS) is 16.8. The maximum atomic E-state index is 2.73. The molecule has 82 heavy (non-hydrogen) atoms. The van der Waals surface area contributed by atoms with E-state index in [1.165, 1.54) is 122 Å². The summed E-state index contributed by atoms with van der Waals surface area (Å²) < 4.78 is 4.32. The standard InChI is InChI=1S/C78H106N4/c1-19-79(20-2,21-3)51-61-35-39-67(47-63(61)53-81(25-7,26-8)27-9)77(65-37-33-57(15)59(17)45-65)73-43-55(13)31-41-69(73)71-50-76-72(49-75(71)77)70-42-32-56(14)44-74(70)78(76,66-38-34-58(16)60(18)46-66)68-40-36-62(52-80(22-4,23-5)24-6)64(48-68)54-82(28-10,29-11)30-12/h31-50H,19-30,51-54H2,1-18H3/q+4. The molecule has 0 N–H and O–H groups in total. The minimum Gasteiger partial charge on any atom is -0.321 e. The van der Waals surface area contributed by atoms with E-state index in [9.17, 15) is 0 Å². The number of aryl methyl sites for hydroxylation is 6. The van der Waals surface area contributed by atoms with Crippen LogP contribution in [0.15, 0.2) is 121 Å². The summed E-state index contributed by atoms with van der Waals surface area (Å²) >= 11 is 0. The van der Waals surface area contributed by atoms with Gasteiger partial charge in [0.1, 0.15) is 26.2 Å². The van der Waals surface area contributed by atoms with Crippen LogP contribution >= 0.6 is 0 Å². The molecule has 0 saturated heterocycles. The summed E-state index contributed by atoms with van der Waals surface area (Å²) in [6.45, 7) is 60.4. The SMILES string of the molecule is CC[N+](CC)(CC)Cc1ccc(C2(c3ccc(C)c(C)c3)c3cc(C)ccc3-c3cc4c(cc32)-c2ccc(C)cc2C4(c2ccc(C)c(C)c2)c2ccc(C[N+](CC)(CC)CC)c(C[N+](CC)(CC)CC)c2)cc1C[N+](CC)(CC)CC. The van der Waals surface area contributed by atoms with E-state index >= 15 is 0 Å². The molecule has 0 heterocycles. The first kappa shape index (κ1) is 61.0. The average molecular weight is 1100 g/mol. The molecule has 9 rings (SSSR count). The summed E-state index contributed by atoms with van der Waals surface area (Å²) in [6, 6.07) is 51.1. The minimum absolute atomic E-state index is 0.584. The number of nitrogens with zero attached hydrogens (tertiary/aromatic N) is 4. The van der Waals surface area contributed by atoms with Crippen LogP contribution in [-0.4, -0.2) is 96.5 Å². The van der Waals surface area contributed by atoms with Gasteiger partial charge in [0.2, 0.25) is 0 Å². The topological polar surface area (TPSA) is 0 Å². The predicted octanol–water partition coefficient (Wildman–Crippen LogP) is 17.8. The van der Waals surface area contributed by atoms with E-state index in [0.717, 1.165) is 123 Å². The van der Waals surface area contributed by atoms with Gasteiger partial charge in [0.15, 0.2) is 0 Å². The molecule has 434 valence electrons. The first-order valence-corrected chi connectivity index (χ1v) is 32.5. The lowest BCUT2D eigenvalue weighted by atomic mass is 9.65. The third kappa shape index (κ3) is 9.97. The van der Waals surface area contributed by atoms with Gasteiger partial charge in [0, 0.05) is 22.3 Å². The van der Waals surface area contributed by atoms with E-state index in [2.05, 4.69) is 246 Å². The molecule has 4 nitrogen and oxygen atoms in total. The van der Waals surface area contributed by atoms with E-state index in [4.69, 9.17) is 0 Å². The van der Waals surface area contributed by atoms with E-state index in [0.29, 0.717) is 0 Å². The van der Waals surface area contributed by atoms with Crippen LogP contribution in [0, 0.1) is 41.5 Å². The summed E-state index contributed by atoms with van der Waals surface area (Å²) in [4.78, 5) is 0. The second-order valence-corrected chi connectivity index (χ2v) is 25.9. The van der Waals surface area contributed by atoms with Crippen LogP contribution in [-0.2, 0) is 37.0 Å². The fraction of sp³-hybridized carbons (Fsp3) is 0.462. The largest absolute Gasteiger partial charge is 0.321 e. The van der Waals surface area contributed by atoms with Crippen molar-refractivity contribution < 1.29 is 17.9 Å². The van der Waals surface area contributed by atoms with Crippen molar-refractivity contribution in [2.75, 3.05) is 78.5 Å². The summed E-state index contributed by atoms with van der Waals surface area (Å²) in [5.74, 6) is 0. The first-order chi connectivity index (χ1) is 39.3. The van der Waals surface area contributed by atoms with Crippen molar-refractivity contribution in [1.29, 1.82) is 0 Å². The number of quaternary nitrogens is 4. The molecule has 7 aromatic carbocycles. The Morgan fingerprint density at radius 2 is 0.512 bits per heavy atom. The Morgan fingerprint density at radius 1 is 0.244 bits per heavy atom. The highest BCUT2D eigenvalue weighted by Crippen LogP contribution is 2.63. The van der Waals surface area contributed by atoms with Crippen LogP contribution in [0.25, 0.3) is 22.3 Å². The Bertz CT molecular complexity index is 3190. The Morgan fingerprint density at radius 3 is 0.805 bits per heavy atom. The van der Waals surface area contributed by atoms with Crippen LogP contribution in [0.3, 0.4) is 0 Å². The number of rotatable bonds is 24. The number of fused-ring (bicyclic) bond motifs is 6. The quantitative estimate of drug-likeness (QED) is 0.0529. The third-order valence-corrected chi connectivity index (χ3v) is 22.9. The zero-order valence-electron chi connectivity index (χ0n) is 54.6. The molecule has 2 unspecified atom stereocenters. The lowest BCUT2D eigenvalue weighted by Gasteiger charge is -2.40. The van der Waals surface area contributed by atoms with Gasteiger partial charge in [-0.15, -0.1) is 0 Å². The molecule has 0 saturated carbocycles. The number of hydrogen-bond acceptors (Lipinski definition) is 0. The van der Waals surface area contributed by atoms with Gasteiger partial charge in [0.05, 0.1) is 89.4 Å². The molecule has 0 aliphatic heterocycles. The monoisotopic (exact) mass is 1100 g/mol. The predicted molar refractivity (Wildman–Crippen MR) is 352 cm³/mol. The van der Waals surface area contributed by atoms with E-state index in [-0.39, 0.29) is 0 Å². The molecule has 2 aliphatic carbocycles. The molecular formula is C78H106N4+4. The molecule has 0 radical (unpaired) electrons. The van der Waals surface area contributed by atoms with Crippen LogP contribution in [0.2, 0.25) is 0 Å². The summed E-state index contributed by atoms with van der Waals surface area (Å²) in [6.07, 6.45) is 0. The minimum atomic E-state index is -0.584. The fourth-order valence-corrected chi connectivity index (χ4v) is 15.7. The maximum Gasteiger partial charge on any atom is 0.105 e. The Kier molecular flexibility index (Phi) is 17.7. The van der Waals surface area contributed by atoms with Gasteiger partial charge >= 0.3 is 0 Å². The molecule has 2 aliphatic rings. The highest BCUT2D eigenvalue weighted by molar-refractivity contribution is 5.95. The van der Waals surface area contributed by atoms with Gasteiger partial charge in [-0.1, -0.05) is 108 Å². The van der Waals surface area contributed by atoms with Gasteiger partial charge in [-0.25, -0.2) is 0 Å². The van der Waals surface area contributed by atoms with Crippen molar-refractivity contribution in [3.63, 3.8) is 0 Å². The second-order valence-electron chi connectivity index (χ2n) is 25.9. The van der Waals surface area contributed by atoms with E-state index in [1.807, 2.05) is 0 Å². The van der Waals surface area contributed by atoms with Crippen molar-refractivity contribution in [2.45, 2.75) is 162 Å². The smallest absolute Gasteiger partial charge is 0.105 e. The van der Waals surface area contributed by atoms with Gasteiger partial charge in [-0.05, 0) is 238 Å². The van der Waals surface area contributed by atoms with Gasteiger partial charge < -0.3 is 17.9 Å². The Balaban J connectivity index is 1.44. The van der Waals surface area contributed by atoms with E-state index in [1.54, 1.807) is 0 Å². The zero-order valence-corrected chi connectivity index (χ0v) is 54.6. The molecule has 0 spiro atoms. The van der Waals surface area contributed by atoms with E-state index < -0.39 is 10.8 Å². The molecule has 0 bridgehead atoms. The van der Waals surface area contributed by atoms with Crippen LogP contribution in [0.1, 0.15) is 183 Å². The number of hydrogen-bond donors (Lipinski definition) is 0. The molecule has 0 aromatic heterocycles. The highest BCUT2D eigenvalue weighted by Gasteiger charge is 2.52. The molecule has 0 fully saturated rings. The molecular weight excluding hydrogens is 993 g/mol. The van der Waals surface area contributed by atoms with Gasteiger partial charge in [-0.2, -0.15) is 0 Å². The molecule has 7 aromatic rings. The lowest BCUT2D eigenvalue weighted by molar-refractivity contribution is -0.939. The first-order valence-electron chi connectivity index (χ1n) is 32.5. The van der Waals surface area contributed by atoms with Crippen molar-refractivity contribution in [3.8, 4) is 22.3 Å². The maximum absolute atomic E-state index is 2.73. The third-order valence-electron chi connectivity index (χ3n) is 22.9. The molecule has 2 atom stereocenters. The highest BCUT2D eigenvalue weighted by atomic mass is 15.4. The fourth-order valence-electron chi connectivity index (χ4n) is 15.7. The summed E-state index contributed by atoms with van der Waals surface area (Å²) in [7, 11) is 0. The Labute approximate surface area is 499 Å². The van der Waals surface area contributed by atoms with Crippen LogP contribution in [0.4, 0.5) is 0 Å². The van der Waals surface area contributed by atoms with Crippen molar-refractivity contribution in [3.05, 3.63) is 221 Å². The summed E-state index contributed by atoms with van der Waals surface area (Å²) in [5.41, 5.74) is 29.4. The zero-order chi connectivity index (χ0) is 59.2. The van der Waals surface area contributed by atoms with Gasteiger partial charge in [-0.3, -0.25) is 0 Å². The average Bonchev–Trinajstić information content (AvgIpc) is 2.33. The van der Waals surface area contributed by atoms with Crippen LogP contribution in [0.5, 0.6) is 0 Å². The van der Waals surface area contributed by atoms with Crippen molar-refractivity contribution in [1.82, 2.24) is 0 Å². The second kappa shape index (κ2) is 23.8. The lowest BCUT2D eigenvalue weighted by Crippen LogP contribution is -2.48. The number of benzene rings is 7. The van der Waals surface area contributed by atoms with Crippen molar-refractivity contribution in [2.24, 2.45) is 0 Å².